The number of hydrogen-bond acceptors (Lipinski definition) is 7. The lowest BCUT2D eigenvalue weighted by Crippen LogP contribution is -2.47. The van der Waals surface area contributed by atoms with Gasteiger partial charge in [-0.25, -0.2) is 4.79 Å². The molecule has 3 heterocycles. The van der Waals surface area contributed by atoms with Crippen LogP contribution in [0.5, 0.6) is 0 Å². The number of carbonyl (C=O) groups excluding carboxylic acids is 1. The van der Waals surface area contributed by atoms with E-state index in [-0.39, 0.29) is 18.7 Å². The zero-order valence-corrected chi connectivity index (χ0v) is 15.6. The number of hydrogen-bond donors (Lipinski definition) is 1. The maximum absolute atomic E-state index is 12.4. The van der Waals surface area contributed by atoms with Crippen LogP contribution >= 0.6 is 11.8 Å². The summed E-state index contributed by atoms with van der Waals surface area (Å²) < 4.78 is 11.0. The van der Waals surface area contributed by atoms with Crippen LogP contribution in [0.4, 0.5) is 4.79 Å². The standard InChI is InChI=1S/C17H23N5O3S/c1-26-12-15-20-16(25-21-15)9-19-17(23)22-8-4-6-14(10-22)24-11-13-5-2-3-7-18-13/h2-3,5,7,14H,4,6,8-12H2,1H3,(H,19,23)/t14-/m0/s1. The number of likely N-dealkylation sites (tertiary alicyclic amines) is 1. The fourth-order valence-electron chi connectivity index (χ4n) is 2.76. The van der Waals surface area contributed by atoms with E-state index in [4.69, 9.17) is 9.26 Å². The minimum Gasteiger partial charge on any atom is -0.370 e. The molecule has 0 radical (unpaired) electrons. The van der Waals surface area contributed by atoms with Gasteiger partial charge in [-0.3, -0.25) is 4.98 Å². The van der Waals surface area contributed by atoms with Crippen LogP contribution in [0.3, 0.4) is 0 Å². The third-order valence-corrected chi connectivity index (χ3v) is 4.58. The molecule has 0 spiro atoms. The number of pyridine rings is 1. The monoisotopic (exact) mass is 377 g/mol. The van der Waals surface area contributed by atoms with E-state index in [0.717, 1.165) is 25.1 Å². The van der Waals surface area contributed by atoms with Gasteiger partial charge < -0.3 is 19.5 Å². The molecule has 0 saturated carbocycles. The maximum Gasteiger partial charge on any atom is 0.317 e. The van der Waals surface area contributed by atoms with Crippen molar-refractivity contribution in [2.45, 2.75) is 37.9 Å². The lowest BCUT2D eigenvalue weighted by atomic mass is 10.1. The summed E-state index contributed by atoms with van der Waals surface area (Å²) in [6, 6.07) is 5.61. The summed E-state index contributed by atoms with van der Waals surface area (Å²) in [5.41, 5.74) is 0.895. The molecule has 1 N–H and O–H groups in total. The fourth-order valence-corrected chi connectivity index (χ4v) is 3.13. The second-order valence-corrected chi connectivity index (χ2v) is 6.90. The van der Waals surface area contributed by atoms with E-state index in [1.807, 2.05) is 24.5 Å². The fraction of sp³-hybridized carbons (Fsp3) is 0.529. The summed E-state index contributed by atoms with van der Waals surface area (Å²) in [7, 11) is 0. The molecule has 1 fully saturated rings. The molecule has 0 unspecified atom stereocenters. The van der Waals surface area contributed by atoms with Gasteiger partial charge in [0.2, 0.25) is 5.89 Å². The van der Waals surface area contributed by atoms with Crippen LogP contribution in [0.1, 0.15) is 30.3 Å². The molecule has 9 heteroatoms. The number of nitrogens with one attached hydrogen (secondary N) is 1. The van der Waals surface area contributed by atoms with E-state index in [2.05, 4.69) is 20.4 Å². The number of ether oxygens (including phenoxy) is 1. The molecule has 1 aliphatic rings. The summed E-state index contributed by atoms with van der Waals surface area (Å²) in [6.07, 6.45) is 5.60. The van der Waals surface area contributed by atoms with Crippen LogP contribution < -0.4 is 5.32 Å². The summed E-state index contributed by atoms with van der Waals surface area (Å²) in [6.45, 7) is 1.98. The highest BCUT2D eigenvalue weighted by Crippen LogP contribution is 2.15. The Labute approximate surface area is 156 Å². The normalized spacial score (nSPS) is 17.3. The first-order valence-electron chi connectivity index (χ1n) is 8.59. The molecule has 2 amide bonds. The third-order valence-electron chi connectivity index (χ3n) is 4.03. The Kier molecular flexibility index (Phi) is 6.84. The topological polar surface area (TPSA) is 93.4 Å². The molecule has 26 heavy (non-hydrogen) atoms. The molecule has 0 bridgehead atoms. The van der Waals surface area contributed by atoms with Crippen molar-refractivity contribution in [2.24, 2.45) is 0 Å². The quantitative estimate of drug-likeness (QED) is 0.791. The highest BCUT2D eigenvalue weighted by atomic mass is 32.2. The van der Waals surface area contributed by atoms with Gasteiger partial charge in [-0.2, -0.15) is 16.7 Å². The number of carbonyl (C=O) groups is 1. The van der Waals surface area contributed by atoms with Gasteiger partial charge in [-0.15, -0.1) is 0 Å². The number of amides is 2. The van der Waals surface area contributed by atoms with Crippen molar-refractivity contribution in [3.8, 4) is 0 Å². The molecule has 2 aromatic heterocycles. The molecule has 1 atom stereocenters. The largest absolute Gasteiger partial charge is 0.370 e. The van der Waals surface area contributed by atoms with Crippen LogP contribution in [-0.2, 0) is 23.6 Å². The number of nitrogens with zero attached hydrogens (tertiary/aromatic N) is 4. The zero-order valence-electron chi connectivity index (χ0n) is 14.8. The molecule has 2 aromatic rings. The highest BCUT2D eigenvalue weighted by molar-refractivity contribution is 7.97. The van der Waals surface area contributed by atoms with Gasteiger partial charge in [0.25, 0.3) is 0 Å². The van der Waals surface area contributed by atoms with E-state index in [1.165, 1.54) is 0 Å². The molecule has 8 nitrogen and oxygen atoms in total. The summed E-state index contributed by atoms with van der Waals surface area (Å²) in [5.74, 6) is 1.75. The van der Waals surface area contributed by atoms with Gasteiger partial charge >= 0.3 is 6.03 Å². The lowest BCUT2D eigenvalue weighted by molar-refractivity contribution is -0.00173. The highest BCUT2D eigenvalue weighted by Gasteiger charge is 2.24. The van der Waals surface area contributed by atoms with E-state index in [1.54, 1.807) is 22.9 Å². The van der Waals surface area contributed by atoms with Gasteiger partial charge in [0.15, 0.2) is 5.82 Å². The van der Waals surface area contributed by atoms with E-state index < -0.39 is 0 Å². The third kappa shape index (κ3) is 5.43. The van der Waals surface area contributed by atoms with Crippen molar-refractivity contribution in [3.63, 3.8) is 0 Å². The minimum atomic E-state index is -0.138. The predicted octanol–water partition coefficient (Wildman–Crippen LogP) is 2.22. The SMILES string of the molecule is CSCc1noc(CNC(=O)N2CCC[C@H](OCc3ccccn3)C2)n1. The van der Waals surface area contributed by atoms with Crippen molar-refractivity contribution < 1.29 is 14.1 Å². The summed E-state index contributed by atoms with van der Waals surface area (Å²) in [4.78, 5) is 22.6. The van der Waals surface area contributed by atoms with E-state index in [0.29, 0.717) is 30.6 Å². The first-order valence-corrected chi connectivity index (χ1v) is 9.98. The van der Waals surface area contributed by atoms with Crippen LogP contribution in [-0.4, -0.2) is 51.5 Å². The zero-order chi connectivity index (χ0) is 18.2. The Balaban J connectivity index is 1.43. The Bertz CT molecular complexity index is 697. The molecular formula is C17H23N5O3S. The Morgan fingerprint density at radius 3 is 3.23 bits per heavy atom. The first kappa shape index (κ1) is 18.7. The lowest BCUT2D eigenvalue weighted by Gasteiger charge is -2.32. The number of urea groups is 1. The van der Waals surface area contributed by atoms with Crippen LogP contribution in [0, 0.1) is 0 Å². The van der Waals surface area contributed by atoms with E-state index >= 15 is 0 Å². The van der Waals surface area contributed by atoms with Crippen molar-refractivity contribution in [1.29, 1.82) is 0 Å². The minimum absolute atomic E-state index is 0.0214. The van der Waals surface area contributed by atoms with Crippen LogP contribution in [0.2, 0.25) is 0 Å². The van der Waals surface area contributed by atoms with Crippen molar-refractivity contribution in [2.75, 3.05) is 19.3 Å². The van der Waals surface area contributed by atoms with Crippen molar-refractivity contribution in [1.82, 2.24) is 25.3 Å². The molecule has 0 aliphatic carbocycles. The van der Waals surface area contributed by atoms with Gasteiger partial charge in [-0.1, -0.05) is 11.2 Å². The number of piperidine rings is 1. The maximum atomic E-state index is 12.4. The molecule has 140 valence electrons. The van der Waals surface area contributed by atoms with Gasteiger partial charge in [-0.05, 0) is 31.2 Å². The second-order valence-electron chi connectivity index (χ2n) is 6.04. The van der Waals surface area contributed by atoms with Gasteiger partial charge in [0.05, 0.1) is 30.7 Å². The van der Waals surface area contributed by atoms with Gasteiger partial charge in [0, 0.05) is 19.3 Å². The van der Waals surface area contributed by atoms with Crippen LogP contribution in [0.25, 0.3) is 0 Å². The Hall–Kier alpha value is -2.13. The molecular weight excluding hydrogens is 354 g/mol. The van der Waals surface area contributed by atoms with Gasteiger partial charge in [0.1, 0.15) is 0 Å². The smallest absolute Gasteiger partial charge is 0.317 e. The van der Waals surface area contributed by atoms with Crippen LogP contribution in [0.15, 0.2) is 28.9 Å². The average molecular weight is 377 g/mol. The predicted molar refractivity (Wildman–Crippen MR) is 97.4 cm³/mol. The Morgan fingerprint density at radius 1 is 1.50 bits per heavy atom. The number of aromatic nitrogens is 3. The average Bonchev–Trinajstić information content (AvgIpc) is 3.13. The summed E-state index contributed by atoms with van der Waals surface area (Å²) >= 11 is 1.62. The Morgan fingerprint density at radius 2 is 2.42 bits per heavy atom. The number of rotatable bonds is 7. The number of thioether (sulfide) groups is 1. The molecule has 1 aliphatic heterocycles. The first-order chi connectivity index (χ1) is 12.7. The van der Waals surface area contributed by atoms with Crippen molar-refractivity contribution in [3.05, 3.63) is 41.8 Å². The molecule has 1 saturated heterocycles. The second kappa shape index (κ2) is 9.54. The molecule has 3 rings (SSSR count). The summed E-state index contributed by atoms with van der Waals surface area (Å²) in [5, 5.41) is 6.70. The van der Waals surface area contributed by atoms with E-state index in [9.17, 15) is 4.79 Å². The molecule has 0 aromatic carbocycles. The van der Waals surface area contributed by atoms with Crippen molar-refractivity contribution >= 4 is 17.8 Å².